The molecular weight excluding hydrogens is 284 g/mol. The van der Waals surface area contributed by atoms with Crippen LogP contribution in [-0.4, -0.2) is 10.5 Å². The summed E-state index contributed by atoms with van der Waals surface area (Å²) >= 11 is 0. The standard InChI is InChI=1S/C20H22N2O/c1-15(16-8-4-3-5-9-16)21-20(23)13-12-17-14-22(2)19-11-7-6-10-18(17)19/h3-11,14-15H,12-13H2,1-2H3,(H,21,23)/t15-/m0/s1. The summed E-state index contributed by atoms with van der Waals surface area (Å²) in [7, 11) is 2.05. The quantitative estimate of drug-likeness (QED) is 0.760. The van der Waals surface area contributed by atoms with Crippen LogP contribution < -0.4 is 5.32 Å². The van der Waals surface area contributed by atoms with E-state index >= 15 is 0 Å². The van der Waals surface area contributed by atoms with Gasteiger partial charge < -0.3 is 9.88 Å². The molecule has 3 rings (SSSR count). The molecule has 1 atom stereocenters. The third kappa shape index (κ3) is 3.45. The van der Waals surface area contributed by atoms with Crippen molar-refractivity contribution >= 4 is 16.8 Å². The third-order valence-electron chi connectivity index (χ3n) is 4.28. The van der Waals surface area contributed by atoms with Crippen molar-refractivity contribution in [3.8, 4) is 0 Å². The highest BCUT2D eigenvalue weighted by Crippen LogP contribution is 2.21. The van der Waals surface area contributed by atoms with Crippen LogP contribution in [0, 0.1) is 0 Å². The monoisotopic (exact) mass is 306 g/mol. The van der Waals surface area contributed by atoms with Gasteiger partial charge in [0, 0.05) is 30.6 Å². The van der Waals surface area contributed by atoms with Gasteiger partial charge in [0.25, 0.3) is 0 Å². The van der Waals surface area contributed by atoms with Crippen molar-refractivity contribution in [3.05, 3.63) is 71.9 Å². The lowest BCUT2D eigenvalue weighted by Gasteiger charge is -2.14. The van der Waals surface area contributed by atoms with E-state index in [-0.39, 0.29) is 11.9 Å². The van der Waals surface area contributed by atoms with Crippen LogP contribution in [0.5, 0.6) is 0 Å². The van der Waals surface area contributed by atoms with Gasteiger partial charge in [-0.3, -0.25) is 4.79 Å². The van der Waals surface area contributed by atoms with Gasteiger partial charge in [-0.25, -0.2) is 0 Å². The number of aryl methyl sites for hydroxylation is 2. The molecule has 0 unspecified atom stereocenters. The van der Waals surface area contributed by atoms with Crippen molar-refractivity contribution in [3.63, 3.8) is 0 Å². The van der Waals surface area contributed by atoms with Gasteiger partial charge in [-0.15, -0.1) is 0 Å². The molecule has 1 aromatic heterocycles. The van der Waals surface area contributed by atoms with Crippen LogP contribution in [0.1, 0.15) is 30.5 Å². The Morgan fingerprint density at radius 1 is 1.09 bits per heavy atom. The number of amides is 1. The molecule has 0 saturated carbocycles. The summed E-state index contributed by atoms with van der Waals surface area (Å²) in [4.78, 5) is 12.2. The van der Waals surface area contributed by atoms with E-state index in [1.165, 1.54) is 16.5 Å². The molecule has 0 radical (unpaired) electrons. The summed E-state index contributed by atoms with van der Waals surface area (Å²) in [6.07, 6.45) is 3.39. The molecule has 23 heavy (non-hydrogen) atoms. The molecule has 1 N–H and O–H groups in total. The van der Waals surface area contributed by atoms with Gasteiger partial charge in [0.15, 0.2) is 0 Å². The second-order valence-electron chi connectivity index (χ2n) is 5.98. The zero-order chi connectivity index (χ0) is 16.2. The summed E-state index contributed by atoms with van der Waals surface area (Å²) in [5.41, 5.74) is 3.57. The van der Waals surface area contributed by atoms with Crippen molar-refractivity contribution in [1.29, 1.82) is 0 Å². The summed E-state index contributed by atoms with van der Waals surface area (Å²) in [6, 6.07) is 18.4. The summed E-state index contributed by atoms with van der Waals surface area (Å²) < 4.78 is 2.12. The van der Waals surface area contributed by atoms with E-state index in [2.05, 4.69) is 28.2 Å². The molecule has 118 valence electrons. The predicted molar refractivity (Wildman–Crippen MR) is 94.2 cm³/mol. The molecule has 0 bridgehead atoms. The van der Waals surface area contributed by atoms with Crippen LogP contribution in [0.15, 0.2) is 60.8 Å². The van der Waals surface area contributed by atoms with Crippen molar-refractivity contribution in [2.45, 2.75) is 25.8 Å². The minimum Gasteiger partial charge on any atom is -0.350 e. The maximum absolute atomic E-state index is 12.2. The van der Waals surface area contributed by atoms with Crippen molar-refractivity contribution in [1.82, 2.24) is 9.88 Å². The number of nitrogens with one attached hydrogen (secondary N) is 1. The Labute approximate surface area is 136 Å². The van der Waals surface area contributed by atoms with Crippen molar-refractivity contribution in [2.24, 2.45) is 7.05 Å². The second-order valence-corrected chi connectivity index (χ2v) is 5.98. The molecule has 0 spiro atoms. The van der Waals surface area contributed by atoms with Crippen LogP contribution in [-0.2, 0) is 18.3 Å². The van der Waals surface area contributed by atoms with E-state index in [0.29, 0.717) is 6.42 Å². The second kappa shape index (κ2) is 6.69. The van der Waals surface area contributed by atoms with E-state index in [1.807, 2.05) is 56.4 Å². The van der Waals surface area contributed by atoms with Crippen LogP contribution in [0.2, 0.25) is 0 Å². The van der Waals surface area contributed by atoms with Gasteiger partial charge in [-0.1, -0.05) is 48.5 Å². The Morgan fingerprint density at radius 2 is 1.78 bits per heavy atom. The number of aromatic nitrogens is 1. The third-order valence-corrected chi connectivity index (χ3v) is 4.28. The topological polar surface area (TPSA) is 34.0 Å². The number of hydrogen-bond acceptors (Lipinski definition) is 1. The molecule has 3 aromatic rings. The molecule has 0 fully saturated rings. The molecule has 1 amide bonds. The molecule has 0 aliphatic heterocycles. The molecule has 3 heteroatoms. The van der Waals surface area contributed by atoms with E-state index in [4.69, 9.17) is 0 Å². The zero-order valence-electron chi connectivity index (χ0n) is 13.6. The molecule has 0 aliphatic rings. The van der Waals surface area contributed by atoms with Crippen LogP contribution in [0.3, 0.4) is 0 Å². The SMILES string of the molecule is C[C@H](NC(=O)CCc1cn(C)c2ccccc12)c1ccccc1. The first-order valence-corrected chi connectivity index (χ1v) is 8.02. The first-order chi connectivity index (χ1) is 11.1. The van der Waals surface area contributed by atoms with Gasteiger partial charge >= 0.3 is 0 Å². The highest BCUT2D eigenvalue weighted by molar-refractivity contribution is 5.85. The summed E-state index contributed by atoms with van der Waals surface area (Å²) in [5.74, 6) is 0.0919. The number of carbonyl (C=O) groups is 1. The Kier molecular flexibility index (Phi) is 4.47. The van der Waals surface area contributed by atoms with E-state index in [0.717, 1.165) is 12.0 Å². The lowest BCUT2D eigenvalue weighted by atomic mass is 10.1. The molecule has 1 heterocycles. The van der Waals surface area contributed by atoms with Crippen LogP contribution in [0.4, 0.5) is 0 Å². The van der Waals surface area contributed by atoms with Crippen molar-refractivity contribution in [2.75, 3.05) is 0 Å². The average molecular weight is 306 g/mol. The maximum Gasteiger partial charge on any atom is 0.220 e. The molecule has 3 nitrogen and oxygen atoms in total. The molecule has 0 saturated heterocycles. The van der Waals surface area contributed by atoms with Gasteiger partial charge in [0.1, 0.15) is 0 Å². The van der Waals surface area contributed by atoms with Crippen molar-refractivity contribution < 1.29 is 4.79 Å². The van der Waals surface area contributed by atoms with E-state index in [9.17, 15) is 4.79 Å². The number of fused-ring (bicyclic) bond motifs is 1. The normalized spacial score (nSPS) is 12.3. The Morgan fingerprint density at radius 3 is 2.57 bits per heavy atom. The maximum atomic E-state index is 12.2. The lowest BCUT2D eigenvalue weighted by Crippen LogP contribution is -2.26. The largest absolute Gasteiger partial charge is 0.350 e. The first kappa shape index (κ1) is 15.3. The number of carbonyl (C=O) groups excluding carboxylic acids is 1. The molecular formula is C20H22N2O. The highest BCUT2D eigenvalue weighted by atomic mass is 16.1. The average Bonchev–Trinajstić information content (AvgIpc) is 2.90. The van der Waals surface area contributed by atoms with Gasteiger partial charge in [0.05, 0.1) is 6.04 Å². The fraction of sp³-hybridized carbons (Fsp3) is 0.250. The Balaban J connectivity index is 1.62. The lowest BCUT2D eigenvalue weighted by molar-refractivity contribution is -0.121. The summed E-state index contributed by atoms with van der Waals surface area (Å²) in [5, 5.41) is 4.31. The summed E-state index contributed by atoms with van der Waals surface area (Å²) in [6.45, 7) is 2.02. The number of nitrogens with zero attached hydrogens (tertiary/aromatic N) is 1. The smallest absolute Gasteiger partial charge is 0.220 e. The molecule has 2 aromatic carbocycles. The number of para-hydroxylation sites is 1. The fourth-order valence-corrected chi connectivity index (χ4v) is 3.01. The predicted octanol–water partition coefficient (Wildman–Crippen LogP) is 3.99. The fourth-order valence-electron chi connectivity index (χ4n) is 3.01. The van der Waals surface area contributed by atoms with Gasteiger partial charge in [-0.2, -0.15) is 0 Å². The van der Waals surface area contributed by atoms with Crippen LogP contribution in [0.25, 0.3) is 10.9 Å². The zero-order valence-corrected chi connectivity index (χ0v) is 13.6. The minimum absolute atomic E-state index is 0.0382. The first-order valence-electron chi connectivity index (χ1n) is 8.02. The van der Waals surface area contributed by atoms with Crippen LogP contribution >= 0.6 is 0 Å². The molecule has 0 aliphatic carbocycles. The van der Waals surface area contributed by atoms with Gasteiger partial charge in [-0.05, 0) is 30.5 Å². The van der Waals surface area contributed by atoms with Gasteiger partial charge in [0.2, 0.25) is 5.91 Å². The number of rotatable bonds is 5. The van der Waals surface area contributed by atoms with E-state index < -0.39 is 0 Å². The minimum atomic E-state index is 0.0382. The number of hydrogen-bond donors (Lipinski definition) is 1. The Hall–Kier alpha value is -2.55. The number of benzene rings is 2. The Bertz CT molecular complexity index is 805. The highest BCUT2D eigenvalue weighted by Gasteiger charge is 2.11. The van der Waals surface area contributed by atoms with E-state index in [1.54, 1.807) is 0 Å².